The van der Waals surface area contributed by atoms with Crippen molar-refractivity contribution in [2.75, 3.05) is 20.2 Å². The first-order chi connectivity index (χ1) is 14.5. The summed E-state index contributed by atoms with van der Waals surface area (Å²) in [6.45, 7) is 3.07. The molecule has 3 rings (SSSR count). The molecule has 30 heavy (non-hydrogen) atoms. The summed E-state index contributed by atoms with van der Waals surface area (Å²) in [6, 6.07) is 13.6. The van der Waals surface area contributed by atoms with Crippen LogP contribution in [0.2, 0.25) is 0 Å². The lowest BCUT2D eigenvalue weighted by Gasteiger charge is -2.25. The molecule has 7 nitrogen and oxygen atoms in total. The Morgan fingerprint density at radius 3 is 2.57 bits per heavy atom. The summed E-state index contributed by atoms with van der Waals surface area (Å²) in [5.41, 5.74) is 1.95. The van der Waals surface area contributed by atoms with E-state index in [2.05, 4.69) is 15.4 Å². The minimum absolute atomic E-state index is 0.0726. The molecule has 2 amide bonds. The number of amides is 2. The van der Waals surface area contributed by atoms with E-state index in [9.17, 15) is 9.18 Å². The van der Waals surface area contributed by atoms with Crippen molar-refractivity contribution in [3.05, 3.63) is 72.6 Å². The lowest BCUT2D eigenvalue weighted by Crippen LogP contribution is -2.39. The van der Waals surface area contributed by atoms with E-state index in [-0.39, 0.29) is 17.9 Å². The van der Waals surface area contributed by atoms with E-state index < -0.39 is 0 Å². The number of benzene rings is 2. The third kappa shape index (κ3) is 5.79. The van der Waals surface area contributed by atoms with Crippen LogP contribution in [0.1, 0.15) is 31.4 Å². The van der Waals surface area contributed by atoms with Crippen molar-refractivity contribution >= 4 is 6.03 Å². The molecule has 1 aromatic heterocycles. The van der Waals surface area contributed by atoms with E-state index in [4.69, 9.17) is 4.74 Å². The second kappa shape index (κ2) is 10.4. The highest BCUT2D eigenvalue weighted by Gasteiger charge is 2.17. The van der Waals surface area contributed by atoms with Gasteiger partial charge in [0.05, 0.1) is 18.3 Å². The fraction of sp³-hybridized carbons (Fsp3) is 0.318. The summed E-state index contributed by atoms with van der Waals surface area (Å²) in [6.07, 6.45) is 4.72. The topological polar surface area (TPSA) is 72.3 Å². The summed E-state index contributed by atoms with van der Waals surface area (Å²) in [5.74, 6) is 0.360. The Bertz CT molecular complexity index is 914. The van der Waals surface area contributed by atoms with Crippen LogP contribution in [0, 0.1) is 5.82 Å². The summed E-state index contributed by atoms with van der Waals surface area (Å²) >= 11 is 0. The third-order valence-corrected chi connectivity index (χ3v) is 4.89. The molecule has 0 saturated carbocycles. The van der Waals surface area contributed by atoms with Gasteiger partial charge in [-0.25, -0.2) is 18.9 Å². The van der Waals surface area contributed by atoms with Crippen molar-refractivity contribution in [1.29, 1.82) is 0 Å². The molecule has 0 spiro atoms. The minimum atomic E-state index is -0.283. The smallest absolute Gasteiger partial charge is 0.317 e. The van der Waals surface area contributed by atoms with Crippen LogP contribution in [0.25, 0.3) is 5.69 Å². The molecule has 0 aliphatic heterocycles. The molecule has 158 valence electrons. The quantitative estimate of drug-likeness (QED) is 0.541. The molecule has 2 aromatic carbocycles. The maximum Gasteiger partial charge on any atom is 0.317 e. The fourth-order valence-electron chi connectivity index (χ4n) is 2.91. The first-order valence-corrected chi connectivity index (χ1v) is 9.88. The second-order valence-electron chi connectivity index (χ2n) is 6.96. The van der Waals surface area contributed by atoms with E-state index in [1.807, 2.05) is 31.2 Å². The molecule has 1 unspecified atom stereocenters. The minimum Gasteiger partial charge on any atom is -0.494 e. The van der Waals surface area contributed by atoms with Gasteiger partial charge in [0.2, 0.25) is 0 Å². The normalized spacial score (nSPS) is 11.7. The fourth-order valence-corrected chi connectivity index (χ4v) is 2.91. The van der Waals surface area contributed by atoms with Gasteiger partial charge in [-0.15, -0.1) is 0 Å². The average Bonchev–Trinajstić information content (AvgIpc) is 3.31. The van der Waals surface area contributed by atoms with Gasteiger partial charge in [0.15, 0.2) is 0 Å². The second-order valence-corrected chi connectivity index (χ2v) is 6.96. The molecular weight excluding hydrogens is 385 g/mol. The first-order valence-electron chi connectivity index (χ1n) is 9.88. The van der Waals surface area contributed by atoms with Gasteiger partial charge in [-0.1, -0.05) is 12.1 Å². The summed E-state index contributed by atoms with van der Waals surface area (Å²) < 4.78 is 20.1. The summed E-state index contributed by atoms with van der Waals surface area (Å²) in [5, 5.41) is 7.04. The van der Waals surface area contributed by atoms with E-state index >= 15 is 0 Å². The van der Waals surface area contributed by atoms with Gasteiger partial charge in [0, 0.05) is 13.6 Å². The molecule has 0 saturated heterocycles. The van der Waals surface area contributed by atoms with Crippen LogP contribution in [0.15, 0.2) is 61.2 Å². The molecule has 0 radical (unpaired) electrons. The van der Waals surface area contributed by atoms with Gasteiger partial charge < -0.3 is 15.0 Å². The zero-order valence-corrected chi connectivity index (χ0v) is 17.2. The van der Waals surface area contributed by atoms with Gasteiger partial charge in [0.1, 0.15) is 24.2 Å². The Morgan fingerprint density at radius 2 is 1.90 bits per heavy atom. The lowest BCUT2D eigenvalue weighted by molar-refractivity contribution is 0.194. The van der Waals surface area contributed by atoms with E-state index in [1.165, 1.54) is 18.5 Å². The Hall–Kier alpha value is -3.42. The van der Waals surface area contributed by atoms with E-state index in [0.717, 1.165) is 24.1 Å². The number of halogens is 1. The predicted molar refractivity (Wildman–Crippen MR) is 112 cm³/mol. The number of nitrogens with zero attached hydrogens (tertiary/aromatic N) is 4. The molecule has 0 fully saturated rings. The summed E-state index contributed by atoms with van der Waals surface area (Å²) in [7, 11) is 1.78. The number of rotatable bonds is 9. The third-order valence-electron chi connectivity index (χ3n) is 4.89. The Morgan fingerprint density at radius 1 is 1.17 bits per heavy atom. The Labute approximate surface area is 175 Å². The van der Waals surface area contributed by atoms with Crippen LogP contribution in [0.3, 0.4) is 0 Å². The van der Waals surface area contributed by atoms with Crippen LogP contribution >= 0.6 is 0 Å². The van der Waals surface area contributed by atoms with Crippen molar-refractivity contribution in [3.63, 3.8) is 0 Å². The van der Waals surface area contributed by atoms with Crippen molar-refractivity contribution in [3.8, 4) is 11.4 Å². The molecular formula is C22H26FN5O2. The van der Waals surface area contributed by atoms with Crippen LogP contribution in [-0.2, 0) is 0 Å². The predicted octanol–water partition coefficient (Wildman–Crippen LogP) is 3.97. The number of carbonyl (C=O) groups excluding carboxylic acids is 1. The number of urea groups is 1. The van der Waals surface area contributed by atoms with E-state index in [0.29, 0.717) is 18.9 Å². The number of hydrogen-bond acceptors (Lipinski definition) is 4. The van der Waals surface area contributed by atoms with Crippen molar-refractivity contribution in [2.45, 2.75) is 25.8 Å². The number of ether oxygens (including phenoxy) is 1. The van der Waals surface area contributed by atoms with Gasteiger partial charge in [0.25, 0.3) is 0 Å². The monoisotopic (exact) mass is 411 g/mol. The van der Waals surface area contributed by atoms with Gasteiger partial charge in [-0.05, 0) is 61.7 Å². The zero-order valence-electron chi connectivity index (χ0n) is 17.2. The lowest BCUT2D eigenvalue weighted by atomic mass is 10.1. The van der Waals surface area contributed by atoms with Crippen LogP contribution in [0.5, 0.6) is 5.75 Å². The number of nitrogens with one attached hydrogen (secondary N) is 1. The maximum absolute atomic E-state index is 12.9. The molecule has 1 atom stereocenters. The van der Waals surface area contributed by atoms with Crippen molar-refractivity contribution < 1.29 is 13.9 Å². The van der Waals surface area contributed by atoms with E-state index in [1.54, 1.807) is 35.1 Å². The van der Waals surface area contributed by atoms with Crippen LogP contribution < -0.4 is 10.1 Å². The first kappa shape index (κ1) is 21.3. The average molecular weight is 411 g/mol. The van der Waals surface area contributed by atoms with Crippen molar-refractivity contribution in [1.82, 2.24) is 25.0 Å². The van der Waals surface area contributed by atoms with Crippen molar-refractivity contribution in [2.24, 2.45) is 0 Å². The van der Waals surface area contributed by atoms with Crippen LogP contribution in [-0.4, -0.2) is 45.9 Å². The zero-order chi connectivity index (χ0) is 21.3. The van der Waals surface area contributed by atoms with Gasteiger partial charge >= 0.3 is 6.03 Å². The number of hydrogen-bond donors (Lipinski definition) is 1. The highest BCUT2D eigenvalue weighted by atomic mass is 19.1. The molecule has 8 heteroatoms. The molecule has 1 heterocycles. The molecule has 0 bridgehead atoms. The Kier molecular flexibility index (Phi) is 7.37. The summed E-state index contributed by atoms with van der Waals surface area (Å²) in [4.78, 5) is 18.0. The van der Waals surface area contributed by atoms with Gasteiger partial charge in [-0.3, -0.25) is 0 Å². The largest absolute Gasteiger partial charge is 0.494 e. The molecule has 0 aliphatic rings. The molecule has 1 N–H and O–H groups in total. The Balaban J connectivity index is 1.37. The van der Waals surface area contributed by atoms with Crippen LogP contribution in [0.4, 0.5) is 9.18 Å². The number of aromatic nitrogens is 3. The molecule has 3 aromatic rings. The highest BCUT2D eigenvalue weighted by Crippen LogP contribution is 2.20. The standard InChI is InChI=1S/C22H26FN5O2/c1-17(18-5-9-20(10-6-18)28-16-24-15-26-28)27(2)22(29)25-13-3-4-14-30-21-11-7-19(23)8-12-21/h5-12,15-17H,3-4,13-14H2,1-2H3,(H,25,29). The highest BCUT2D eigenvalue weighted by molar-refractivity contribution is 5.74. The maximum atomic E-state index is 12.9. The number of unbranched alkanes of at least 4 members (excludes halogenated alkanes) is 1. The molecule has 0 aliphatic carbocycles. The SMILES string of the molecule is CC(c1ccc(-n2cncn2)cc1)N(C)C(=O)NCCCCOc1ccc(F)cc1. The number of carbonyl (C=O) groups is 1. The van der Waals surface area contributed by atoms with Gasteiger partial charge in [-0.2, -0.15) is 5.10 Å².